The van der Waals surface area contributed by atoms with Crippen LogP contribution in [-0.4, -0.2) is 27.1 Å². The second-order valence-electron chi connectivity index (χ2n) is 9.45. The highest BCUT2D eigenvalue weighted by Crippen LogP contribution is 2.60. The molecule has 0 aliphatic heterocycles. The number of nitrogens with zero attached hydrogens (tertiary/aromatic N) is 2. The van der Waals surface area contributed by atoms with E-state index in [4.69, 9.17) is 4.42 Å². The first-order valence-corrected chi connectivity index (χ1v) is 11.7. The first-order valence-electron chi connectivity index (χ1n) is 10.8. The largest absolute Gasteiger partial charge is 0.415 e. The van der Waals surface area contributed by atoms with Gasteiger partial charge in [-0.25, -0.2) is 0 Å². The monoisotopic (exact) mass is 425 g/mol. The van der Waals surface area contributed by atoms with E-state index in [9.17, 15) is 9.59 Å². The van der Waals surface area contributed by atoms with Crippen LogP contribution in [0.15, 0.2) is 33.9 Å². The van der Waals surface area contributed by atoms with E-state index in [0.717, 1.165) is 23.6 Å². The number of benzene rings is 1. The Bertz CT molecular complexity index is 933. The molecule has 0 spiro atoms. The number of hydrogen-bond donors (Lipinski definition) is 1. The van der Waals surface area contributed by atoms with Crippen LogP contribution in [0.3, 0.4) is 0 Å². The summed E-state index contributed by atoms with van der Waals surface area (Å²) in [5.41, 5.74) is 1.36. The summed E-state index contributed by atoms with van der Waals surface area (Å²) in [5, 5.41) is 11.6. The van der Waals surface area contributed by atoms with Crippen molar-refractivity contribution in [3.63, 3.8) is 0 Å². The van der Waals surface area contributed by atoms with Crippen molar-refractivity contribution >= 4 is 29.1 Å². The molecule has 1 amide bonds. The van der Waals surface area contributed by atoms with E-state index in [1.165, 1.54) is 57.2 Å². The molecular formula is C23H27N3O3S. The molecule has 4 aliphatic rings. The Hall–Kier alpha value is -2.15. The minimum absolute atomic E-state index is 0.00364. The molecule has 4 saturated carbocycles. The number of Topliss-reactive ketones (excluding diaryl/α,β-unsaturated/α-hetero) is 1. The number of thioether (sulfide) groups is 1. The fourth-order valence-corrected chi connectivity index (χ4v) is 6.97. The maximum atomic E-state index is 12.8. The van der Waals surface area contributed by atoms with Crippen LogP contribution in [0.25, 0.3) is 0 Å². The van der Waals surface area contributed by atoms with E-state index >= 15 is 0 Å². The normalized spacial score (nSPS) is 30.3. The van der Waals surface area contributed by atoms with Crippen LogP contribution in [0.4, 0.5) is 5.69 Å². The summed E-state index contributed by atoms with van der Waals surface area (Å²) in [7, 11) is 0. The van der Waals surface area contributed by atoms with Gasteiger partial charge in [-0.15, -0.1) is 10.2 Å². The number of carbonyl (C=O) groups excluding carboxylic acids is 2. The average Bonchev–Trinajstić information content (AvgIpc) is 3.16. The van der Waals surface area contributed by atoms with Gasteiger partial charge >= 0.3 is 0 Å². The molecule has 158 valence electrons. The van der Waals surface area contributed by atoms with E-state index in [2.05, 4.69) is 15.5 Å². The second kappa shape index (κ2) is 7.52. The lowest BCUT2D eigenvalue weighted by molar-refractivity contribution is -0.114. The lowest BCUT2D eigenvalue weighted by Gasteiger charge is -2.55. The van der Waals surface area contributed by atoms with Crippen LogP contribution >= 0.6 is 11.8 Å². The quantitative estimate of drug-likeness (QED) is 0.525. The molecular weight excluding hydrogens is 398 g/mol. The molecule has 4 fully saturated rings. The van der Waals surface area contributed by atoms with Gasteiger partial charge in [0.25, 0.3) is 5.22 Å². The highest BCUT2D eigenvalue weighted by molar-refractivity contribution is 8.00. The summed E-state index contributed by atoms with van der Waals surface area (Å²) in [5.74, 6) is 3.12. The molecule has 7 heteroatoms. The van der Waals surface area contributed by atoms with Gasteiger partial charge in [-0.05, 0) is 87.5 Å². The fourth-order valence-electron chi connectivity index (χ4n) is 6.20. The standard InChI is InChI=1S/C23H27N3O3S/c1-13(20(28)18-3-5-19(6-4-18)24-14(2)27)30-22-26-25-21(29-22)23-10-15-7-16(11-23)9-17(8-15)12-23/h3-6,13,15-17H,7-12H2,1-2H3,(H,24,27)/t13-,15?,16?,17?,23?/m1/s1. The van der Waals surface area contributed by atoms with E-state index in [-0.39, 0.29) is 22.4 Å². The molecule has 1 aromatic heterocycles. The summed E-state index contributed by atoms with van der Waals surface area (Å²) in [6.07, 6.45) is 7.67. The molecule has 30 heavy (non-hydrogen) atoms. The number of nitrogens with one attached hydrogen (secondary N) is 1. The minimum Gasteiger partial charge on any atom is -0.415 e. The van der Waals surface area contributed by atoms with Crippen LogP contribution in [-0.2, 0) is 10.2 Å². The average molecular weight is 426 g/mol. The summed E-state index contributed by atoms with van der Waals surface area (Å²) in [6.45, 7) is 3.32. The third-order valence-corrected chi connectivity index (χ3v) is 7.97. The zero-order chi connectivity index (χ0) is 20.9. The predicted octanol–water partition coefficient (Wildman–Crippen LogP) is 4.86. The molecule has 4 bridgehead atoms. The maximum Gasteiger partial charge on any atom is 0.277 e. The Morgan fingerprint density at radius 1 is 1.07 bits per heavy atom. The number of anilines is 1. The molecule has 4 aliphatic carbocycles. The van der Waals surface area contributed by atoms with Crippen molar-refractivity contribution in [1.29, 1.82) is 0 Å². The first-order chi connectivity index (χ1) is 14.4. The second-order valence-corrected chi connectivity index (χ2v) is 10.7. The van der Waals surface area contributed by atoms with Crippen molar-refractivity contribution < 1.29 is 14.0 Å². The smallest absolute Gasteiger partial charge is 0.277 e. The zero-order valence-corrected chi connectivity index (χ0v) is 18.2. The van der Waals surface area contributed by atoms with Crippen LogP contribution in [0.1, 0.15) is 68.6 Å². The number of amides is 1. The highest BCUT2D eigenvalue weighted by atomic mass is 32.2. The summed E-state index contributed by atoms with van der Waals surface area (Å²) >= 11 is 1.33. The van der Waals surface area contributed by atoms with Gasteiger partial charge < -0.3 is 9.73 Å². The Labute approximate surface area is 180 Å². The zero-order valence-electron chi connectivity index (χ0n) is 17.4. The molecule has 0 radical (unpaired) electrons. The van der Waals surface area contributed by atoms with Gasteiger partial charge in [-0.2, -0.15) is 0 Å². The third-order valence-electron chi connectivity index (χ3n) is 7.03. The van der Waals surface area contributed by atoms with Gasteiger partial charge in [0.15, 0.2) is 5.78 Å². The van der Waals surface area contributed by atoms with E-state index < -0.39 is 0 Å². The molecule has 1 heterocycles. The van der Waals surface area contributed by atoms with Gasteiger partial charge in [0.1, 0.15) is 0 Å². The molecule has 6 nitrogen and oxygen atoms in total. The Kier molecular flexibility index (Phi) is 4.96. The number of aromatic nitrogens is 2. The number of carbonyl (C=O) groups is 2. The maximum absolute atomic E-state index is 12.8. The van der Waals surface area contributed by atoms with Crippen molar-refractivity contribution in [2.75, 3.05) is 5.32 Å². The summed E-state index contributed by atoms with van der Waals surface area (Å²) in [4.78, 5) is 24.0. The van der Waals surface area contributed by atoms with Crippen molar-refractivity contribution in [3.8, 4) is 0 Å². The summed E-state index contributed by atoms with van der Waals surface area (Å²) in [6, 6.07) is 6.95. The summed E-state index contributed by atoms with van der Waals surface area (Å²) < 4.78 is 6.13. The van der Waals surface area contributed by atoms with Crippen molar-refractivity contribution in [2.24, 2.45) is 17.8 Å². The molecule has 6 rings (SSSR count). The van der Waals surface area contributed by atoms with Crippen LogP contribution in [0.2, 0.25) is 0 Å². The lowest BCUT2D eigenvalue weighted by Crippen LogP contribution is -2.48. The van der Waals surface area contributed by atoms with Crippen LogP contribution in [0, 0.1) is 17.8 Å². The van der Waals surface area contributed by atoms with E-state index in [1.54, 1.807) is 24.3 Å². The highest BCUT2D eigenvalue weighted by Gasteiger charge is 2.54. The third kappa shape index (κ3) is 3.68. The van der Waals surface area contributed by atoms with Crippen molar-refractivity contribution in [1.82, 2.24) is 10.2 Å². The van der Waals surface area contributed by atoms with Crippen molar-refractivity contribution in [3.05, 3.63) is 35.7 Å². The predicted molar refractivity (Wildman–Crippen MR) is 115 cm³/mol. The van der Waals surface area contributed by atoms with E-state index in [0.29, 0.717) is 16.5 Å². The number of rotatable bonds is 6. The van der Waals surface area contributed by atoms with Gasteiger partial charge in [-0.1, -0.05) is 11.8 Å². The molecule has 1 atom stereocenters. The van der Waals surface area contributed by atoms with Crippen molar-refractivity contribution in [2.45, 2.75) is 68.3 Å². The Balaban J connectivity index is 1.26. The number of ketones is 1. The first kappa shape index (κ1) is 19.8. The van der Waals surface area contributed by atoms with E-state index in [1.807, 2.05) is 6.92 Å². The van der Waals surface area contributed by atoms with Gasteiger partial charge in [0, 0.05) is 23.6 Å². The topological polar surface area (TPSA) is 85.1 Å². The van der Waals surface area contributed by atoms with Gasteiger partial charge in [-0.3, -0.25) is 9.59 Å². The van der Waals surface area contributed by atoms with Gasteiger partial charge in [0.2, 0.25) is 11.8 Å². The lowest BCUT2D eigenvalue weighted by atomic mass is 9.49. The molecule has 1 aromatic carbocycles. The van der Waals surface area contributed by atoms with Crippen LogP contribution < -0.4 is 5.32 Å². The Morgan fingerprint density at radius 3 is 2.23 bits per heavy atom. The number of hydrogen-bond acceptors (Lipinski definition) is 6. The molecule has 0 unspecified atom stereocenters. The molecule has 2 aromatic rings. The molecule has 1 N–H and O–H groups in total. The van der Waals surface area contributed by atoms with Crippen LogP contribution in [0.5, 0.6) is 0 Å². The SMILES string of the molecule is CC(=O)Nc1ccc(C(=O)[C@@H](C)Sc2nnc(C34CC5CC(CC(C5)C3)C4)o2)cc1. The minimum atomic E-state index is -0.332. The molecule has 0 saturated heterocycles. The Morgan fingerprint density at radius 2 is 1.67 bits per heavy atom. The van der Waals surface area contributed by atoms with Gasteiger partial charge in [0.05, 0.1) is 5.25 Å². The fraction of sp³-hybridized carbons (Fsp3) is 0.565.